The van der Waals surface area contributed by atoms with Crippen molar-refractivity contribution in [2.75, 3.05) is 7.11 Å². The normalized spacial score (nSPS) is 10.8. The van der Waals surface area contributed by atoms with Gasteiger partial charge < -0.3 is 9.47 Å². The van der Waals surface area contributed by atoms with Crippen molar-refractivity contribution in [2.24, 2.45) is 5.10 Å². The average Bonchev–Trinajstić information content (AvgIpc) is 2.62. The summed E-state index contributed by atoms with van der Waals surface area (Å²) in [6.07, 6.45) is 1.33. The smallest absolute Gasteiger partial charge is 0.273 e. The van der Waals surface area contributed by atoms with Crippen LogP contribution < -0.4 is 14.9 Å². The van der Waals surface area contributed by atoms with Crippen LogP contribution in [0.2, 0.25) is 0 Å². The van der Waals surface area contributed by atoms with E-state index in [4.69, 9.17) is 9.47 Å². The van der Waals surface area contributed by atoms with Crippen LogP contribution in [-0.2, 0) is 11.2 Å². The summed E-state index contributed by atoms with van der Waals surface area (Å²) in [5, 5.41) is 14.9. The zero-order valence-corrected chi connectivity index (χ0v) is 15.3. The van der Waals surface area contributed by atoms with E-state index < -0.39 is 10.8 Å². The summed E-state index contributed by atoms with van der Waals surface area (Å²) in [7, 11) is 1.54. The zero-order valence-electron chi connectivity index (χ0n) is 15.3. The highest BCUT2D eigenvalue weighted by Gasteiger charge is 2.15. The Kier molecular flexibility index (Phi) is 6.87. The maximum absolute atomic E-state index is 12.0. The first-order valence-corrected chi connectivity index (χ1v) is 8.29. The number of hydrazone groups is 1. The van der Waals surface area contributed by atoms with Gasteiger partial charge in [-0.15, -0.1) is 0 Å². The molecule has 0 unspecified atom stereocenters. The van der Waals surface area contributed by atoms with Crippen LogP contribution in [0.5, 0.6) is 11.5 Å². The molecule has 0 radical (unpaired) electrons. The topological polar surface area (TPSA) is 103 Å². The van der Waals surface area contributed by atoms with E-state index in [1.165, 1.54) is 19.4 Å². The van der Waals surface area contributed by atoms with Crippen LogP contribution in [0.15, 0.2) is 47.6 Å². The SMILES string of the molecule is COc1cc(/C=N/NC(=O)Cc2ccccc2[N+](=O)[O-])ccc1OC(C)C. The van der Waals surface area contributed by atoms with Gasteiger partial charge in [0.2, 0.25) is 5.91 Å². The molecule has 8 heteroatoms. The molecule has 0 aliphatic heterocycles. The van der Waals surface area contributed by atoms with Gasteiger partial charge in [0, 0.05) is 11.6 Å². The minimum Gasteiger partial charge on any atom is -0.493 e. The molecule has 0 spiro atoms. The fraction of sp³-hybridized carbons (Fsp3) is 0.263. The first kappa shape index (κ1) is 19.9. The van der Waals surface area contributed by atoms with Crippen LogP contribution in [0.1, 0.15) is 25.0 Å². The lowest BCUT2D eigenvalue weighted by atomic mass is 10.1. The number of hydrogen-bond acceptors (Lipinski definition) is 6. The number of para-hydroxylation sites is 1. The third kappa shape index (κ3) is 5.81. The van der Waals surface area contributed by atoms with Crippen molar-refractivity contribution in [3.8, 4) is 11.5 Å². The summed E-state index contributed by atoms with van der Waals surface area (Å²) in [4.78, 5) is 22.4. The molecule has 2 rings (SSSR count). The molecule has 2 aromatic carbocycles. The van der Waals surface area contributed by atoms with E-state index in [9.17, 15) is 14.9 Å². The third-order valence-corrected chi connectivity index (χ3v) is 3.49. The van der Waals surface area contributed by atoms with E-state index in [0.29, 0.717) is 22.6 Å². The van der Waals surface area contributed by atoms with Gasteiger partial charge in [-0.1, -0.05) is 18.2 Å². The van der Waals surface area contributed by atoms with Gasteiger partial charge in [-0.25, -0.2) is 5.43 Å². The monoisotopic (exact) mass is 371 g/mol. The summed E-state index contributed by atoms with van der Waals surface area (Å²) in [5.74, 6) is 0.719. The van der Waals surface area contributed by atoms with Gasteiger partial charge >= 0.3 is 0 Å². The second-order valence-corrected chi connectivity index (χ2v) is 5.93. The number of nitrogens with one attached hydrogen (secondary N) is 1. The molecule has 0 aliphatic rings. The molecule has 27 heavy (non-hydrogen) atoms. The van der Waals surface area contributed by atoms with Gasteiger partial charge in [0.1, 0.15) is 0 Å². The standard InChI is InChI=1S/C19H21N3O5/c1-13(2)27-17-9-8-14(10-18(17)26-3)12-20-21-19(23)11-15-6-4-5-7-16(15)22(24)25/h4-10,12-13H,11H2,1-3H3,(H,21,23)/b20-12+. The molecule has 0 heterocycles. The number of rotatable bonds is 8. The Morgan fingerprint density at radius 2 is 2.00 bits per heavy atom. The van der Waals surface area contributed by atoms with Crippen molar-refractivity contribution in [3.05, 3.63) is 63.7 Å². The molecule has 0 atom stereocenters. The molecule has 1 N–H and O–H groups in total. The van der Waals surface area contributed by atoms with Crippen molar-refractivity contribution < 1.29 is 19.2 Å². The molecule has 8 nitrogen and oxygen atoms in total. The Labute approximate surface area is 157 Å². The first-order chi connectivity index (χ1) is 12.9. The fourth-order valence-corrected chi connectivity index (χ4v) is 2.35. The lowest BCUT2D eigenvalue weighted by molar-refractivity contribution is -0.385. The van der Waals surface area contributed by atoms with Crippen molar-refractivity contribution >= 4 is 17.8 Å². The quantitative estimate of drug-likeness (QED) is 0.436. The van der Waals surface area contributed by atoms with E-state index in [0.717, 1.165) is 0 Å². The Balaban J connectivity index is 2.01. The first-order valence-electron chi connectivity index (χ1n) is 8.29. The van der Waals surface area contributed by atoms with Crippen molar-refractivity contribution in [3.63, 3.8) is 0 Å². The Hall–Kier alpha value is -3.42. The zero-order chi connectivity index (χ0) is 19.8. The number of benzene rings is 2. The number of nitro benzene ring substituents is 1. The highest BCUT2D eigenvalue weighted by molar-refractivity contribution is 5.84. The maximum Gasteiger partial charge on any atom is 0.273 e. The van der Waals surface area contributed by atoms with Gasteiger partial charge in [-0.05, 0) is 37.6 Å². The highest BCUT2D eigenvalue weighted by atomic mass is 16.6. The summed E-state index contributed by atoms with van der Waals surface area (Å²) in [6, 6.07) is 11.4. The van der Waals surface area contributed by atoms with E-state index in [-0.39, 0.29) is 18.2 Å². The number of hydrogen-bond donors (Lipinski definition) is 1. The summed E-state index contributed by atoms with van der Waals surface area (Å²) in [6.45, 7) is 3.84. The van der Waals surface area contributed by atoms with Crippen LogP contribution in [-0.4, -0.2) is 30.3 Å². The lowest BCUT2D eigenvalue weighted by Crippen LogP contribution is -2.20. The Morgan fingerprint density at radius 1 is 1.26 bits per heavy atom. The van der Waals surface area contributed by atoms with Crippen LogP contribution >= 0.6 is 0 Å². The average molecular weight is 371 g/mol. The van der Waals surface area contributed by atoms with E-state index in [2.05, 4.69) is 10.5 Å². The third-order valence-electron chi connectivity index (χ3n) is 3.49. The van der Waals surface area contributed by atoms with Gasteiger partial charge in [-0.2, -0.15) is 5.10 Å². The number of ether oxygens (including phenoxy) is 2. The minimum atomic E-state index is -0.515. The van der Waals surface area contributed by atoms with Crippen molar-refractivity contribution in [2.45, 2.75) is 26.4 Å². The number of carbonyl (C=O) groups is 1. The fourth-order valence-electron chi connectivity index (χ4n) is 2.35. The Bertz CT molecular complexity index is 849. The van der Waals surface area contributed by atoms with Crippen molar-refractivity contribution in [1.29, 1.82) is 0 Å². The van der Waals surface area contributed by atoms with Crippen molar-refractivity contribution in [1.82, 2.24) is 5.43 Å². The second kappa shape index (κ2) is 9.33. The molecule has 0 bridgehead atoms. The molecule has 0 saturated carbocycles. The Morgan fingerprint density at radius 3 is 2.67 bits per heavy atom. The van der Waals surface area contributed by atoms with Crippen LogP contribution in [0.3, 0.4) is 0 Å². The molecule has 2 aromatic rings. The largest absolute Gasteiger partial charge is 0.493 e. The second-order valence-electron chi connectivity index (χ2n) is 5.93. The van der Waals surface area contributed by atoms with E-state index >= 15 is 0 Å². The predicted octanol–water partition coefficient (Wildman–Crippen LogP) is 3.08. The van der Waals surface area contributed by atoms with E-state index in [1.807, 2.05) is 13.8 Å². The summed E-state index contributed by atoms with van der Waals surface area (Å²) < 4.78 is 10.9. The molecule has 0 saturated heterocycles. The number of nitro groups is 1. The number of methoxy groups -OCH3 is 1. The molecule has 1 amide bonds. The van der Waals surface area contributed by atoms with Crippen LogP contribution in [0.4, 0.5) is 5.69 Å². The predicted molar refractivity (Wildman–Crippen MR) is 101 cm³/mol. The van der Waals surface area contributed by atoms with Gasteiger partial charge in [-0.3, -0.25) is 14.9 Å². The lowest BCUT2D eigenvalue weighted by Gasteiger charge is -2.13. The summed E-state index contributed by atoms with van der Waals surface area (Å²) >= 11 is 0. The molecule has 0 fully saturated rings. The van der Waals surface area contributed by atoms with E-state index in [1.54, 1.807) is 36.4 Å². The molecule has 142 valence electrons. The van der Waals surface area contributed by atoms with Crippen LogP contribution in [0, 0.1) is 10.1 Å². The molecular formula is C19H21N3O5. The van der Waals surface area contributed by atoms with Crippen LogP contribution in [0.25, 0.3) is 0 Å². The van der Waals surface area contributed by atoms with Gasteiger partial charge in [0.05, 0.1) is 30.8 Å². The van der Waals surface area contributed by atoms with Gasteiger partial charge in [0.15, 0.2) is 11.5 Å². The highest BCUT2D eigenvalue weighted by Crippen LogP contribution is 2.28. The maximum atomic E-state index is 12.0. The number of amides is 1. The molecule has 0 aromatic heterocycles. The number of carbonyl (C=O) groups excluding carboxylic acids is 1. The molecular weight excluding hydrogens is 350 g/mol. The number of nitrogens with zero attached hydrogens (tertiary/aromatic N) is 2. The molecule has 0 aliphatic carbocycles. The minimum absolute atomic E-state index is 0.0137. The summed E-state index contributed by atoms with van der Waals surface area (Å²) in [5.41, 5.74) is 3.30. The van der Waals surface area contributed by atoms with Gasteiger partial charge in [0.25, 0.3) is 5.69 Å².